The fourth-order valence-electron chi connectivity index (χ4n) is 1.71. The lowest BCUT2D eigenvalue weighted by molar-refractivity contribution is -0.120. The molecule has 5 heteroatoms. The molecule has 0 heterocycles. The molecule has 0 rings (SSSR count). The third kappa shape index (κ3) is 10.3. The molecule has 4 nitrogen and oxygen atoms in total. The molecule has 0 amide bonds. The van der Waals surface area contributed by atoms with Crippen molar-refractivity contribution in [3.63, 3.8) is 0 Å². The van der Waals surface area contributed by atoms with Crippen LogP contribution in [0.4, 0.5) is 0 Å². The lowest BCUT2D eigenvalue weighted by atomic mass is 9.89. The highest BCUT2D eigenvalue weighted by molar-refractivity contribution is 7.53. The van der Waals surface area contributed by atoms with E-state index in [9.17, 15) is 9.36 Å². The number of rotatable bonds is 8. The number of hydrogen-bond acceptors (Lipinski definition) is 4. The molecule has 0 aromatic rings. The quantitative estimate of drug-likeness (QED) is 0.621. The third-order valence-electron chi connectivity index (χ3n) is 2.13. The second kappa shape index (κ2) is 7.56. The molecule has 19 heavy (non-hydrogen) atoms. The first-order valence-electron chi connectivity index (χ1n) is 6.91. The van der Waals surface area contributed by atoms with Crippen LogP contribution in [-0.2, 0) is 18.4 Å². The summed E-state index contributed by atoms with van der Waals surface area (Å²) >= 11 is 0. The number of carbonyl (C=O) groups is 1. The smallest absolute Gasteiger partial charge is 0.306 e. The van der Waals surface area contributed by atoms with E-state index in [0.717, 1.165) is 0 Å². The molecule has 0 spiro atoms. The Labute approximate surface area is 117 Å². The van der Waals surface area contributed by atoms with Crippen molar-refractivity contribution in [2.75, 3.05) is 6.16 Å². The van der Waals surface area contributed by atoms with Gasteiger partial charge in [0.15, 0.2) is 0 Å². The predicted octanol–water partition coefficient (Wildman–Crippen LogP) is 4.42. The molecule has 0 aromatic heterocycles. The van der Waals surface area contributed by atoms with E-state index >= 15 is 0 Å². The average molecular weight is 292 g/mol. The monoisotopic (exact) mass is 292 g/mol. The van der Waals surface area contributed by atoms with Gasteiger partial charge in [-0.05, 0) is 33.1 Å². The van der Waals surface area contributed by atoms with Gasteiger partial charge in [-0.2, -0.15) is 0 Å². The Balaban J connectivity index is 4.50. The molecule has 0 saturated carbocycles. The van der Waals surface area contributed by atoms with Gasteiger partial charge in [0, 0.05) is 12.8 Å². The molecule has 114 valence electrons. The SMILES string of the molecule is CC(C)OP(=O)(CCC(=O)CC(C)(C)C)OC(C)C. The second-order valence-corrected chi connectivity index (χ2v) is 8.76. The van der Waals surface area contributed by atoms with E-state index in [1.807, 2.05) is 48.5 Å². The summed E-state index contributed by atoms with van der Waals surface area (Å²) in [6.07, 6.45) is 0.535. The van der Waals surface area contributed by atoms with Crippen LogP contribution in [0, 0.1) is 5.41 Å². The van der Waals surface area contributed by atoms with E-state index in [1.165, 1.54) is 0 Å². The van der Waals surface area contributed by atoms with Crippen LogP contribution in [0.15, 0.2) is 0 Å². The molecule has 0 bridgehead atoms. The number of hydrogen-bond donors (Lipinski definition) is 0. The molecule has 0 N–H and O–H groups in total. The van der Waals surface area contributed by atoms with Crippen molar-refractivity contribution in [1.82, 2.24) is 0 Å². The lowest BCUT2D eigenvalue weighted by Crippen LogP contribution is -2.16. The molecule has 0 atom stereocenters. The van der Waals surface area contributed by atoms with Gasteiger partial charge in [-0.15, -0.1) is 0 Å². The maximum absolute atomic E-state index is 12.5. The number of ketones is 1. The average Bonchev–Trinajstić information content (AvgIpc) is 2.09. The molecule has 0 aliphatic heterocycles. The highest BCUT2D eigenvalue weighted by Gasteiger charge is 2.29. The van der Waals surface area contributed by atoms with Crippen LogP contribution in [-0.4, -0.2) is 24.2 Å². The highest BCUT2D eigenvalue weighted by Crippen LogP contribution is 2.51. The summed E-state index contributed by atoms with van der Waals surface area (Å²) in [7, 11) is -3.17. The van der Waals surface area contributed by atoms with Crippen molar-refractivity contribution >= 4 is 13.4 Å². The molecule has 0 saturated heterocycles. The standard InChI is InChI=1S/C14H29O4P/c1-11(2)17-19(16,18-12(3)4)9-8-13(15)10-14(5,6)7/h11-12H,8-10H2,1-7H3. The Morgan fingerprint density at radius 1 is 1.05 bits per heavy atom. The van der Waals surface area contributed by atoms with Crippen LogP contribution in [0.3, 0.4) is 0 Å². The summed E-state index contributed by atoms with van der Waals surface area (Å²) in [6, 6.07) is 0. The van der Waals surface area contributed by atoms with Gasteiger partial charge in [0.2, 0.25) is 0 Å². The Morgan fingerprint density at radius 3 is 1.79 bits per heavy atom. The van der Waals surface area contributed by atoms with Gasteiger partial charge in [-0.3, -0.25) is 9.36 Å². The van der Waals surface area contributed by atoms with Crippen molar-refractivity contribution in [3.05, 3.63) is 0 Å². The zero-order valence-electron chi connectivity index (χ0n) is 13.4. The van der Waals surface area contributed by atoms with Gasteiger partial charge in [-0.25, -0.2) is 0 Å². The van der Waals surface area contributed by atoms with Crippen LogP contribution in [0.25, 0.3) is 0 Å². The van der Waals surface area contributed by atoms with E-state index in [2.05, 4.69) is 0 Å². The molecule has 0 aromatic carbocycles. The highest BCUT2D eigenvalue weighted by atomic mass is 31.2. The van der Waals surface area contributed by atoms with E-state index in [0.29, 0.717) is 6.42 Å². The Bertz CT molecular complexity index is 315. The van der Waals surface area contributed by atoms with E-state index in [1.54, 1.807) is 0 Å². The van der Waals surface area contributed by atoms with E-state index < -0.39 is 7.60 Å². The maximum Gasteiger partial charge on any atom is 0.331 e. The minimum Gasteiger partial charge on any atom is -0.306 e. The van der Waals surface area contributed by atoms with Gasteiger partial charge >= 0.3 is 7.60 Å². The number of Topliss-reactive ketones (excluding diaryl/α,β-unsaturated/α-hetero) is 1. The minimum absolute atomic E-state index is 0.0428. The molecule has 0 unspecified atom stereocenters. The van der Waals surface area contributed by atoms with Crippen molar-refractivity contribution in [3.8, 4) is 0 Å². The molecule has 0 aliphatic rings. The summed E-state index contributed by atoms with van der Waals surface area (Å²) < 4.78 is 23.3. The van der Waals surface area contributed by atoms with Crippen molar-refractivity contribution in [1.29, 1.82) is 0 Å². The maximum atomic E-state index is 12.5. The predicted molar refractivity (Wildman–Crippen MR) is 78.6 cm³/mol. The molecular formula is C14H29O4P. The molecule has 0 fully saturated rings. The summed E-state index contributed by atoms with van der Waals surface area (Å²) in [5.74, 6) is 0.104. The van der Waals surface area contributed by atoms with Crippen molar-refractivity contribution < 1.29 is 18.4 Å². The Hall–Kier alpha value is -0.180. The van der Waals surface area contributed by atoms with Gasteiger partial charge in [0.25, 0.3) is 0 Å². The molecular weight excluding hydrogens is 263 g/mol. The van der Waals surface area contributed by atoms with Crippen LogP contribution in [0.5, 0.6) is 0 Å². The molecule has 0 radical (unpaired) electrons. The van der Waals surface area contributed by atoms with Crippen LogP contribution in [0.2, 0.25) is 0 Å². The second-order valence-electron chi connectivity index (χ2n) is 6.67. The van der Waals surface area contributed by atoms with Crippen LogP contribution < -0.4 is 0 Å². The first-order valence-corrected chi connectivity index (χ1v) is 8.64. The van der Waals surface area contributed by atoms with Crippen LogP contribution >= 0.6 is 7.60 Å². The summed E-state index contributed by atoms with van der Waals surface area (Å²) in [5, 5.41) is 0. The lowest BCUT2D eigenvalue weighted by Gasteiger charge is -2.23. The zero-order chi connectivity index (χ0) is 15.3. The van der Waals surface area contributed by atoms with Crippen LogP contribution in [0.1, 0.15) is 61.3 Å². The first kappa shape index (κ1) is 18.8. The Kier molecular flexibility index (Phi) is 7.49. The largest absolute Gasteiger partial charge is 0.331 e. The van der Waals surface area contributed by atoms with Gasteiger partial charge in [-0.1, -0.05) is 20.8 Å². The summed E-state index contributed by atoms with van der Waals surface area (Å²) in [5.41, 5.74) is -0.0428. The normalized spacial score (nSPS) is 13.3. The summed E-state index contributed by atoms with van der Waals surface area (Å²) in [4.78, 5) is 11.8. The minimum atomic E-state index is -3.17. The zero-order valence-corrected chi connectivity index (χ0v) is 14.3. The Morgan fingerprint density at radius 2 is 1.47 bits per heavy atom. The van der Waals surface area contributed by atoms with Gasteiger partial charge < -0.3 is 9.05 Å². The fraction of sp³-hybridized carbons (Fsp3) is 0.929. The fourth-order valence-corrected chi connectivity index (χ4v) is 3.78. The van der Waals surface area contributed by atoms with Gasteiger partial charge in [0.05, 0.1) is 18.4 Å². The van der Waals surface area contributed by atoms with Crippen molar-refractivity contribution in [2.24, 2.45) is 5.41 Å². The van der Waals surface area contributed by atoms with E-state index in [-0.39, 0.29) is 36.0 Å². The summed E-state index contributed by atoms with van der Waals surface area (Å²) in [6.45, 7) is 13.3. The molecule has 0 aliphatic carbocycles. The number of carbonyl (C=O) groups excluding carboxylic acids is 1. The van der Waals surface area contributed by atoms with Gasteiger partial charge in [0.1, 0.15) is 5.78 Å². The van der Waals surface area contributed by atoms with E-state index in [4.69, 9.17) is 9.05 Å². The third-order valence-corrected chi connectivity index (χ3v) is 4.39. The topological polar surface area (TPSA) is 52.6 Å². The first-order chi connectivity index (χ1) is 8.43. The van der Waals surface area contributed by atoms with Crippen molar-refractivity contribution in [2.45, 2.75) is 73.5 Å².